The normalized spacial score (nSPS) is 10.6. The van der Waals surface area contributed by atoms with Crippen molar-refractivity contribution in [3.63, 3.8) is 0 Å². The molecule has 0 bridgehead atoms. The number of carbonyl (C=O) groups excluding carboxylic acids is 2. The van der Waals surface area contributed by atoms with E-state index in [4.69, 9.17) is 9.47 Å². The van der Waals surface area contributed by atoms with E-state index in [0.717, 1.165) is 0 Å². The molecule has 0 aliphatic heterocycles. The van der Waals surface area contributed by atoms with Crippen molar-refractivity contribution in [3.05, 3.63) is 58.5 Å². The van der Waals surface area contributed by atoms with Gasteiger partial charge in [-0.05, 0) is 19.1 Å². The predicted molar refractivity (Wildman–Crippen MR) is 121 cm³/mol. The molecule has 2 amide bonds. The summed E-state index contributed by atoms with van der Waals surface area (Å²) < 4.78 is 11.8. The van der Waals surface area contributed by atoms with Gasteiger partial charge in [0.1, 0.15) is 23.7 Å². The number of nitrogens with zero attached hydrogens (tertiary/aromatic N) is 2. The number of carbonyl (C=O) groups is 2. The number of ether oxygens (including phenoxy) is 2. The summed E-state index contributed by atoms with van der Waals surface area (Å²) in [6.45, 7) is 2.13. The molecule has 0 spiro atoms. The number of fused-ring (bicyclic) bond motifs is 1. The fraction of sp³-hybridized carbons (Fsp3) is 0.304. The lowest BCUT2D eigenvalue weighted by atomic mass is 10.2. The van der Waals surface area contributed by atoms with Gasteiger partial charge in [-0.3, -0.25) is 19.0 Å². The SMILES string of the molecule is CCNC(=O)CCc1nc2ccccc2n(CC(=O)Nc2cc(OC)cc(OC)c2)c1=O. The highest BCUT2D eigenvalue weighted by Gasteiger charge is 2.15. The Kier molecular flexibility index (Phi) is 7.43. The van der Waals surface area contributed by atoms with Crippen molar-refractivity contribution >= 4 is 28.5 Å². The average molecular weight is 438 g/mol. The second-order valence-corrected chi connectivity index (χ2v) is 7.04. The van der Waals surface area contributed by atoms with Crippen molar-refractivity contribution in [2.45, 2.75) is 26.3 Å². The van der Waals surface area contributed by atoms with E-state index >= 15 is 0 Å². The van der Waals surface area contributed by atoms with E-state index in [1.54, 1.807) is 42.5 Å². The van der Waals surface area contributed by atoms with Crippen molar-refractivity contribution in [3.8, 4) is 11.5 Å². The Balaban J connectivity index is 1.89. The van der Waals surface area contributed by atoms with E-state index in [1.807, 2.05) is 6.92 Å². The van der Waals surface area contributed by atoms with Crippen molar-refractivity contribution in [1.29, 1.82) is 0 Å². The molecule has 168 valence electrons. The second-order valence-electron chi connectivity index (χ2n) is 7.04. The summed E-state index contributed by atoms with van der Waals surface area (Å²) in [5, 5.41) is 5.48. The van der Waals surface area contributed by atoms with Crippen LogP contribution in [0.5, 0.6) is 11.5 Å². The lowest BCUT2D eigenvalue weighted by Crippen LogP contribution is -2.32. The van der Waals surface area contributed by atoms with Crippen LogP contribution in [-0.2, 0) is 22.6 Å². The fourth-order valence-corrected chi connectivity index (χ4v) is 3.31. The third-order valence-electron chi connectivity index (χ3n) is 4.82. The van der Waals surface area contributed by atoms with Crippen LogP contribution in [0.3, 0.4) is 0 Å². The van der Waals surface area contributed by atoms with Crippen LogP contribution >= 0.6 is 0 Å². The van der Waals surface area contributed by atoms with Gasteiger partial charge < -0.3 is 20.1 Å². The van der Waals surface area contributed by atoms with Crippen molar-refractivity contribution in [2.24, 2.45) is 0 Å². The molecule has 0 saturated heterocycles. The molecular weight excluding hydrogens is 412 g/mol. The van der Waals surface area contributed by atoms with Gasteiger partial charge in [-0.2, -0.15) is 0 Å². The molecule has 0 atom stereocenters. The van der Waals surface area contributed by atoms with Crippen LogP contribution in [0.2, 0.25) is 0 Å². The minimum absolute atomic E-state index is 0.143. The van der Waals surface area contributed by atoms with Gasteiger partial charge in [-0.15, -0.1) is 0 Å². The zero-order chi connectivity index (χ0) is 23.1. The van der Waals surface area contributed by atoms with Gasteiger partial charge >= 0.3 is 0 Å². The molecule has 0 radical (unpaired) electrons. The number of benzene rings is 2. The van der Waals surface area contributed by atoms with Crippen LogP contribution in [0.25, 0.3) is 11.0 Å². The number of rotatable bonds is 9. The molecule has 3 aromatic rings. The summed E-state index contributed by atoms with van der Waals surface area (Å²) in [5.41, 5.74) is 1.44. The number of para-hydroxylation sites is 2. The molecular formula is C23H26N4O5. The molecule has 0 unspecified atom stereocenters. The van der Waals surface area contributed by atoms with Gasteiger partial charge in [0.05, 0.1) is 25.3 Å². The second kappa shape index (κ2) is 10.4. The molecule has 0 saturated carbocycles. The first kappa shape index (κ1) is 22.8. The van der Waals surface area contributed by atoms with Gasteiger partial charge in [0.2, 0.25) is 11.8 Å². The molecule has 0 fully saturated rings. The van der Waals surface area contributed by atoms with Crippen molar-refractivity contribution in [1.82, 2.24) is 14.9 Å². The number of nitrogens with one attached hydrogen (secondary N) is 2. The van der Waals surface area contributed by atoms with Gasteiger partial charge in [0.25, 0.3) is 5.56 Å². The first-order valence-corrected chi connectivity index (χ1v) is 10.2. The number of aryl methyl sites for hydroxylation is 1. The molecule has 32 heavy (non-hydrogen) atoms. The van der Waals surface area contributed by atoms with E-state index in [1.165, 1.54) is 18.8 Å². The van der Waals surface area contributed by atoms with Crippen molar-refractivity contribution < 1.29 is 19.1 Å². The number of amides is 2. The zero-order valence-electron chi connectivity index (χ0n) is 18.3. The monoisotopic (exact) mass is 438 g/mol. The first-order chi connectivity index (χ1) is 15.4. The Labute approximate surface area is 185 Å². The van der Waals surface area contributed by atoms with Gasteiger partial charge in [-0.1, -0.05) is 12.1 Å². The molecule has 9 nitrogen and oxygen atoms in total. The van der Waals surface area contributed by atoms with Gasteiger partial charge in [0, 0.05) is 43.3 Å². The Morgan fingerprint density at radius 1 is 1.03 bits per heavy atom. The van der Waals surface area contributed by atoms with Crippen LogP contribution in [0.15, 0.2) is 47.3 Å². The third kappa shape index (κ3) is 5.42. The van der Waals surface area contributed by atoms with E-state index in [2.05, 4.69) is 15.6 Å². The van der Waals surface area contributed by atoms with E-state index in [-0.39, 0.29) is 31.0 Å². The largest absolute Gasteiger partial charge is 0.497 e. The smallest absolute Gasteiger partial charge is 0.273 e. The Hall–Kier alpha value is -3.88. The number of anilines is 1. The lowest BCUT2D eigenvalue weighted by molar-refractivity contribution is -0.121. The highest BCUT2D eigenvalue weighted by Crippen LogP contribution is 2.25. The molecule has 0 aliphatic carbocycles. The van der Waals surface area contributed by atoms with E-state index < -0.39 is 11.5 Å². The quantitative estimate of drug-likeness (QED) is 0.529. The average Bonchev–Trinajstić information content (AvgIpc) is 2.79. The molecule has 9 heteroatoms. The standard InChI is InChI=1S/C23H26N4O5/c1-4-24-21(28)10-9-19-23(30)27(20-8-6-5-7-18(20)26-19)14-22(29)25-15-11-16(31-2)13-17(12-15)32-3/h5-8,11-13H,4,9-10,14H2,1-3H3,(H,24,28)(H,25,29). The summed E-state index contributed by atoms with van der Waals surface area (Å²) >= 11 is 0. The minimum Gasteiger partial charge on any atom is -0.497 e. The molecule has 2 N–H and O–H groups in total. The Morgan fingerprint density at radius 2 is 1.72 bits per heavy atom. The van der Waals surface area contributed by atoms with Crippen molar-refractivity contribution in [2.75, 3.05) is 26.1 Å². The number of aromatic nitrogens is 2. The van der Waals surface area contributed by atoms with Crippen LogP contribution in [0, 0.1) is 0 Å². The Bertz CT molecular complexity index is 1170. The summed E-state index contributed by atoms with van der Waals surface area (Å²) in [6, 6.07) is 12.1. The summed E-state index contributed by atoms with van der Waals surface area (Å²) in [4.78, 5) is 42.1. The van der Waals surface area contributed by atoms with Crippen LogP contribution in [0.1, 0.15) is 19.0 Å². The predicted octanol–water partition coefficient (Wildman–Crippen LogP) is 2.12. The minimum atomic E-state index is -0.397. The van der Waals surface area contributed by atoms with Gasteiger partial charge in [-0.25, -0.2) is 4.98 Å². The maximum atomic E-state index is 13.1. The van der Waals surface area contributed by atoms with Crippen LogP contribution in [0.4, 0.5) is 5.69 Å². The molecule has 2 aromatic carbocycles. The van der Waals surface area contributed by atoms with E-state index in [9.17, 15) is 14.4 Å². The van der Waals surface area contributed by atoms with Crippen LogP contribution in [-0.4, -0.2) is 42.1 Å². The van der Waals surface area contributed by atoms with Gasteiger partial charge in [0.15, 0.2) is 0 Å². The topological polar surface area (TPSA) is 112 Å². The lowest BCUT2D eigenvalue weighted by Gasteiger charge is -2.13. The zero-order valence-corrected chi connectivity index (χ0v) is 18.3. The molecule has 1 heterocycles. The first-order valence-electron chi connectivity index (χ1n) is 10.2. The maximum absolute atomic E-state index is 13.1. The highest BCUT2D eigenvalue weighted by molar-refractivity contribution is 5.92. The fourth-order valence-electron chi connectivity index (χ4n) is 3.31. The Morgan fingerprint density at radius 3 is 2.38 bits per heavy atom. The number of methoxy groups -OCH3 is 2. The number of hydrogen-bond donors (Lipinski definition) is 2. The van der Waals surface area contributed by atoms with Crippen LogP contribution < -0.4 is 25.7 Å². The highest BCUT2D eigenvalue weighted by atomic mass is 16.5. The molecule has 3 rings (SSSR count). The molecule has 1 aromatic heterocycles. The van der Waals surface area contributed by atoms with E-state index in [0.29, 0.717) is 34.8 Å². The summed E-state index contributed by atoms with van der Waals surface area (Å²) in [6.07, 6.45) is 0.328. The molecule has 0 aliphatic rings. The third-order valence-corrected chi connectivity index (χ3v) is 4.82. The number of hydrogen-bond acceptors (Lipinski definition) is 6. The maximum Gasteiger partial charge on any atom is 0.273 e. The summed E-state index contributed by atoms with van der Waals surface area (Å²) in [5.74, 6) is 0.504. The summed E-state index contributed by atoms with van der Waals surface area (Å²) in [7, 11) is 3.04.